The molecule has 0 spiro atoms. The highest BCUT2D eigenvalue weighted by atomic mass is 14.3. The van der Waals surface area contributed by atoms with E-state index in [1.807, 2.05) is 0 Å². The summed E-state index contributed by atoms with van der Waals surface area (Å²) >= 11 is 0. The molecule has 0 aliphatic carbocycles. The second-order valence-electron chi connectivity index (χ2n) is 4.88. The van der Waals surface area contributed by atoms with Crippen LogP contribution in [-0.2, 0) is 0 Å². The molecule has 0 saturated heterocycles. The predicted molar refractivity (Wildman–Crippen MR) is 61.9 cm³/mol. The summed E-state index contributed by atoms with van der Waals surface area (Å²) < 4.78 is 0. The smallest absolute Gasteiger partial charge is 0.00634 e. The first-order valence-corrected chi connectivity index (χ1v) is 5.00. The summed E-state index contributed by atoms with van der Waals surface area (Å²) in [6, 6.07) is 0. The van der Waals surface area contributed by atoms with Gasteiger partial charge in [-0.1, -0.05) is 36.1 Å². The van der Waals surface area contributed by atoms with Crippen LogP contribution in [0.25, 0.3) is 0 Å². The molecule has 0 heteroatoms. The Kier molecular flexibility index (Phi) is 3.96. The Morgan fingerprint density at radius 2 is 0.846 bits per heavy atom. The van der Waals surface area contributed by atoms with E-state index in [1.54, 1.807) is 0 Å². The minimum atomic E-state index is 0.220. The van der Waals surface area contributed by atoms with Crippen LogP contribution in [0.1, 0.15) is 55.4 Å². The van der Waals surface area contributed by atoms with Gasteiger partial charge in [-0.05, 0) is 41.5 Å². The van der Waals surface area contributed by atoms with Gasteiger partial charge in [0.1, 0.15) is 0 Å². The van der Waals surface area contributed by atoms with Crippen LogP contribution < -0.4 is 0 Å². The zero-order valence-electron chi connectivity index (χ0n) is 10.5. The molecule has 0 fully saturated rings. The average Bonchev–Trinajstić information content (AvgIpc) is 2.01. The number of rotatable bonds is 2. The maximum absolute atomic E-state index is 2.30. The van der Waals surface area contributed by atoms with Gasteiger partial charge in [0.05, 0.1) is 0 Å². The van der Waals surface area contributed by atoms with Crippen LogP contribution in [0.15, 0.2) is 22.3 Å². The SMILES string of the molecule is CC(C)=C(C)C(C)(C)C(C)=C(C)C. The van der Waals surface area contributed by atoms with Crippen LogP contribution in [0.2, 0.25) is 0 Å². The quantitative estimate of drug-likeness (QED) is 0.539. The summed E-state index contributed by atoms with van der Waals surface area (Å²) in [5, 5.41) is 0. The second kappa shape index (κ2) is 4.13. The van der Waals surface area contributed by atoms with Crippen molar-refractivity contribution in [3.63, 3.8) is 0 Å². The van der Waals surface area contributed by atoms with Crippen molar-refractivity contribution in [1.29, 1.82) is 0 Å². The Balaban J connectivity index is 5.23. The monoisotopic (exact) mass is 180 g/mol. The van der Waals surface area contributed by atoms with E-state index in [2.05, 4.69) is 55.4 Å². The Hall–Kier alpha value is -0.520. The van der Waals surface area contributed by atoms with Crippen molar-refractivity contribution in [3.8, 4) is 0 Å². The van der Waals surface area contributed by atoms with E-state index in [1.165, 1.54) is 22.3 Å². The lowest BCUT2D eigenvalue weighted by Crippen LogP contribution is -2.16. The minimum absolute atomic E-state index is 0.220. The minimum Gasteiger partial charge on any atom is -0.0766 e. The van der Waals surface area contributed by atoms with Gasteiger partial charge in [0, 0.05) is 5.41 Å². The lowest BCUT2D eigenvalue weighted by atomic mass is 9.75. The first kappa shape index (κ1) is 12.5. The maximum atomic E-state index is 2.30. The summed E-state index contributed by atoms with van der Waals surface area (Å²) in [5.41, 5.74) is 6.08. The molecule has 0 aromatic carbocycles. The largest absolute Gasteiger partial charge is 0.0766 e. The third-order valence-corrected chi connectivity index (χ3v) is 3.38. The summed E-state index contributed by atoms with van der Waals surface area (Å²) in [4.78, 5) is 0. The van der Waals surface area contributed by atoms with Crippen LogP contribution in [-0.4, -0.2) is 0 Å². The van der Waals surface area contributed by atoms with Gasteiger partial charge < -0.3 is 0 Å². The molecule has 0 bridgehead atoms. The molecule has 0 atom stereocenters. The van der Waals surface area contributed by atoms with Crippen LogP contribution in [0.5, 0.6) is 0 Å². The zero-order valence-corrected chi connectivity index (χ0v) is 10.5. The van der Waals surface area contributed by atoms with Crippen molar-refractivity contribution in [2.75, 3.05) is 0 Å². The molecule has 0 aromatic rings. The normalized spacial score (nSPS) is 11.1. The molecule has 0 amide bonds. The summed E-state index contributed by atoms with van der Waals surface area (Å²) in [5.74, 6) is 0. The molecule has 0 aromatic heterocycles. The van der Waals surface area contributed by atoms with Gasteiger partial charge in [-0.3, -0.25) is 0 Å². The molecule has 0 unspecified atom stereocenters. The molecule has 0 nitrogen and oxygen atoms in total. The Morgan fingerprint density at radius 3 is 1.00 bits per heavy atom. The molecule has 0 radical (unpaired) electrons. The van der Waals surface area contributed by atoms with Crippen molar-refractivity contribution in [1.82, 2.24) is 0 Å². The highest BCUT2D eigenvalue weighted by Gasteiger charge is 2.23. The number of hydrogen-bond donors (Lipinski definition) is 0. The van der Waals surface area contributed by atoms with E-state index in [0.29, 0.717) is 0 Å². The highest BCUT2D eigenvalue weighted by molar-refractivity contribution is 5.29. The van der Waals surface area contributed by atoms with Gasteiger partial charge in [-0.25, -0.2) is 0 Å². The topological polar surface area (TPSA) is 0 Å². The van der Waals surface area contributed by atoms with Crippen LogP contribution in [0.3, 0.4) is 0 Å². The molecule has 0 heterocycles. The third kappa shape index (κ3) is 2.72. The van der Waals surface area contributed by atoms with Gasteiger partial charge in [-0.2, -0.15) is 0 Å². The molecular weight excluding hydrogens is 156 g/mol. The Bertz CT molecular complexity index is 215. The average molecular weight is 180 g/mol. The molecule has 13 heavy (non-hydrogen) atoms. The maximum Gasteiger partial charge on any atom is 0.00634 e. The number of hydrogen-bond acceptors (Lipinski definition) is 0. The van der Waals surface area contributed by atoms with E-state index in [-0.39, 0.29) is 5.41 Å². The van der Waals surface area contributed by atoms with E-state index < -0.39 is 0 Å². The lowest BCUT2D eigenvalue weighted by molar-refractivity contribution is 0.526. The summed E-state index contributed by atoms with van der Waals surface area (Å²) in [7, 11) is 0. The highest BCUT2D eigenvalue weighted by Crippen LogP contribution is 2.37. The van der Waals surface area contributed by atoms with Crippen molar-refractivity contribution in [2.24, 2.45) is 5.41 Å². The lowest BCUT2D eigenvalue weighted by Gasteiger charge is -2.30. The first-order chi connectivity index (χ1) is 5.71. The fourth-order valence-electron chi connectivity index (χ4n) is 1.53. The zero-order chi connectivity index (χ0) is 10.8. The molecule has 0 rings (SSSR count). The second-order valence-corrected chi connectivity index (χ2v) is 4.88. The molecule has 76 valence electrons. The van der Waals surface area contributed by atoms with Gasteiger partial charge >= 0.3 is 0 Å². The van der Waals surface area contributed by atoms with Crippen LogP contribution in [0, 0.1) is 5.41 Å². The molecule has 0 aliphatic rings. The van der Waals surface area contributed by atoms with E-state index in [9.17, 15) is 0 Å². The van der Waals surface area contributed by atoms with Crippen LogP contribution in [0.4, 0.5) is 0 Å². The fraction of sp³-hybridized carbons (Fsp3) is 0.692. The summed E-state index contributed by atoms with van der Waals surface area (Å²) in [6.45, 7) is 17.8. The van der Waals surface area contributed by atoms with Gasteiger partial charge in [-0.15, -0.1) is 0 Å². The van der Waals surface area contributed by atoms with Gasteiger partial charge in [0.25, 0.3) is 0 Å². The Morgan fingerprint density at radius 1 is 0.615 bits per heavy atom. The third-order valence-electron chi connectivity index (χ3n) is 3.38. The fourth-order valence-corrected chi connectivity index (χ4v) is 1.53. The standard InChI is InChI=1S/C13H24/c1-9(2)11(5)13(7,8)12(6)10(3)4/h1-8H3. The number of allylic oxidation sites excluding steroid dienone is 4. The van der Waals surface area contributed by atoms with Crippen molar-refractivity contribution < 1.29 is 0 Å². The molecular formula is C13H24. The van der Waals surface area contributed by atoms with E-state index in [4.69, 9.17) is 0 Å². The molecule has 0 saturated carbocycles. The Labute approximate surface area is 83.7 Å². The first-order valence-electron chi connectivity index (χ1n) is 5.00. The van der Waals surface area contributed by atoms with E-state index >= 15 is 0 Å². The molecule has 0 aliphatic heterocycles. The van der Waals surface area contributed by atoms with Crippen molar-refractivity contribution >= 4 is 0 Å². The van der Waals surface area contributed by atoms with Crippen LogP contribution >= 0.6 is 0 Å². The predicted octanol–water partition coefficient (Wildman–Crippen LogP) is 4.73. The summed E-state index contributed by atoms with van der Waals surface area (Å²) in [6.07, 6.45) is 0. The molecule has 0 N–H and O–H groups in total. The van der Waals surface area contributed by atoms with Crippen molar-refractivity contribution in [3.05, 3.63) is 22.3 Å². The van der Waals surface area contributed by atoms with Crippen molar-refractivity contribution in [2.45, 2.75) is 55.4 Å². The van der Waals surface area contributed by atoms with Gasteiger partial charge in [0.15, 0.2) is 0 Å². The van der Waals surface area contributed by atoms with Gasteiger partial charge in [0.2, 0.25) is 0 Å². The van der Waals surface area contributed by atoms with E-state index in [0.717, 1.165) is 0 Å².